The Morgan fingerprint density at radius 3 is 0.755 bits per heavy atom. The molecule has 0 aromatic carbocycles. The molecule has 7 atom stereocenters. The summed E-state index contributed by atoms with van der Waals surface area (Å²) in [7, 11) is -9.91. The van der Waals surface area contributed by atoms with Crippen molar-refractivity contribution in [2.75, 3.05) is 39.6 Å². The number of phosphoric ester groups is 2. The number of rotatable bonds is 72. The van der Waals surface area contributed by atoms with Gasteiger partial charge in [0.15, 0.2) is 12.2 Å². The maximum absolute atomic E-state index is 13.1. The van der Waals surface area contributed by atoms with Crippen LogP contribution in [-0.4, -0.2) is 96.7 Å². The number of esters is 4. The van der Waals surface area contributed by atoms with Crippen molar-refractivity contribution in [3.05, 3.63) is 0 Å². The van der Waals surface area contributed by atoms with Crippen molar-refractivity contribution in [2.24, 2.45) is 23.7 Å². The molecule has 0 bridgehead atoms. The van der Waals surface area contributed by atoms with E-state index in [2.05, 4.69) is 55.4 Å². The molecule has 0 saturated carbocycles. The molecule has 0 fully saturated rings. The minimum absolute atomic E-state index is 0.102. The third kappa shape index (κ3) is 66.0. The number of aliphatic hydroxyl groups excluding tert-OH is 1. The highest BCUT2D eigenvalue weighted by Gasteiger charge is 2.30. The Balaban J connectivity index is 5.24. The number of unbranched alkanes of at least 4 members (excludes halogenated alkanes) is 36. The van der Waals surface area contributed by atoms with Gasteiger partial charge in [0.25, 0.3) is 0 Å². The van der Waals surface area contributed by atoms with Crippen molar-refractivity contribution in [3.63, 3.8) is 0 Å². The molecule has 0 saturated heterocycles. The summed E-state index contributed by atoms with van der Waals surface area (Å²) < 4.78 is 68.4. The van der Waals surface area contributed by atoms with E-state index in [9.17, 15) is 43.2 Å². The number of hydrogen-bond donors (Lipinski definition) is 3. The fourth-order valence-electron chi connectivity index (χ4n) is 11.3. The first-order valence-corrected chi connectivity index (χ1v) is 41.8. The molecule has 0 aliphatic carbocycles. The molecular weight excluding hydrogens is 1230 g/mol. The fraction of sp³-hybridized carbons (Fsp3) is 0.947. The van der Waals surface area contributed by atoms with Gasteiger partial charge in [0, 0.05) is 25.7 Å². The molecule has 0 radical (unpaired) electrons. The fourth-order valence-corrected chi connectivity index (χ4v) is 12.9. The first-order valence-electron chi connectivity index (χ1n) is 38.8. The molecule has 0 aliphatic rings. The summed E-state index contributed by atoms with van der Waals surface area (Å²) in [6.07, 6.45) is 48.7. The average Bonchev–Trinajstić information content (AvgIpc) is 3.74. The smallest absolute Gasteiger partial charge is 0.462 e. The minimum Gasteiger partial charge on any atom is -0.462 e. The lowest BCUT2D eigenvalue weighted by atomic mass is 9.99. The highest BCUT2D eigenvalue weighted by Crippen LogP contribution is 2.45. The highest BCUT2D eigenvalue weighted by molar-refractivity contribution is 7.47. The van der Waals surface area contributed by atoms with Crippen LogP contribution in [0.1, 0.15) is 376 Å². The molecule has 17 nitrogen and oxygen atoms in total. The van der Waals surface area contributed by atoms with E-state index in [4.69, 9.17) is 37.0 Å². The summed E-state index contributed by atoms with van der Waals surface area (Å²) in [4.78, 5) is 72.7. The molecule has 558 valence electrons. The summed E-state index contributed by atoms with van der Waals surface area (Å²) in [5.74, 6) is 0.937. The highest BCUT2D eigenvalue weighted by atomic mass is 31.2. The van der Waals surface area contributed by atoms with E-state index in [0.29, 0.717) is 31.6 Å². The van der Waals surface area contributed by atoms with Crippen molar-refractivity contribution in [2.45, 2.75) is 395 Å². The molecule has 0 aromatic rings. The number of carbonyl (C=O) groups excluding carboxylic acids is 4. The van der Waals surface area contributed by atoms with E-state index in [1.165, 1.54) is 173 Å². The topological polar surface area (TPSA) is 237 Å². The number of phosphoric acid groups is 2. The molecule has 0 amide bonds. The van der Waals surface area contributed by atoms with E-state index in [1.54, 1.807) is 0 Å². The van der Waals surface area contributed by atoms with Gasteiger partial charge in [-0.05, 0) is 49.4 Å². The number of aliphatic hydroxyl groups is 1. The Kier molecular flexibility index (Phi) is 63.1. The van der Waals surface area contributed by atoms with Crippen molar-refractivity contribution >= 4 is 39.5 Å². The van der Waals surface area contributed by atoms with Gasteiger partial charge in [-0.2, -0.15) is 0 Å². The predicted molar refractivity (Wildman–Crippen MR) is 381 cm³/mol. The van der Waals surface area contributed by atoms with E-state index < -0.39 is 97.5 Å². The molecule has 3 N–H and O–H groups in total. The lowest BCUT2D eigenvalue weighted by Gasteiger charge is -2.21. The lowest BCUT2D eigenvalue weighted by Crippen LogP contribution is -2.30. The molecular formula is C75H146O17P2. The Labute approximate surface area is 575 Å². The zero-order valence-corrected chi connectivity index (χ0v) is 63.4. The van der Waals surface area contributed by atoms with Gasteiger partial charge in [-0.3, -0.25) is 37.3 Å². The summed E-state index contributed by atoms with van der Waals surface area (Å²) in [5.41, 5.74) is 0. The van der Waals surface area contributed by atoms with Gasteiger partial charge in [0.2, 0.25) is 0 Å². The molecule has 0 heterocycles. The minimum atomic E-state index is -4.96. The lowest BCUT2D eigenvalue weighted by molar-refractivity contribution is -0.161. The second-order valence-electron chi connectivity index (χ2n) is 28.5. The molecule has 0 rings (SSSR count). The SMILES string of the molecule is CCC(C)CCCCCCCCCCCCCCCCC(=O)O[C@H](COC(=O)CCCCCCCCCCCCCCCC(C)C)COP(=O)(O)OCC(O)COP(=O)(O)OC[C@@H](COC(=O)CCCCCCCCCC(C)C)OC(=O)CCCCCCCCC(C)CC. The summed E-state index contributed by atoms with van der Waals surface area (Å²) in [6, 6.07) is 0. The zero-order chi connectivity index (χ0) is 69.6. The molecule has 94 heavy (non-hydrogen) atoms. The third-order valence-corrected chi connectivity index (χ3v) is 19.9. The molecule has 0 aliphatic heterocycles. The van der Waals surface area contributed by atoms with Crippen LogP contribution in [-0.2, 0) is 65.4 Å². The van der Waals surface area contributed by atoms with Crippen LogP contribution in [0.3, 0.4) is 0 Å². The van der Waals surface area contributed by atoms with Crippen molar-refractivity contribution < 1.29 is 80.2 Å². The maximum atomic E-state index is 13.1. The van der Waals surface area contributed by atoms with E-state index in [1.807, 2.05) is 0 Å². The monoisotopic (exact) mass is 1380 g/mol. The Bertz CT molecular complexity index is 1850. The van der Waals surface area contributed by atoms with Crippen molar-refractivity contribution in [1.29, 1.82) is 0 Å². The molecule has 0 spiro atoms. The van der Waals surface area contributed by atoms with Crippen LogP contribution in [0.15, 0.2) is 0 Å². The summed E-state index contributed by atoms with van der Waals surface area (Å²) in [6.45, 7) is 14.2. The van der Waals surface area contributed by atoms with E-state index in [-0.39, 0.29) is 25.7 Å². The van der Waals surface area contributed by atoms with Crippen LogP contribution < -0.4 is 0 Å². The van der Waals surface area contributed by atoms with Crippen LogP contribution >= 0.6 is 15.6 Å². The van der Waals surface area contributed by atoms with E-state index in [0.717, 1.165) is 114 Å². The number of hydrogen-bond acceptors (Lipinski definition) is 15. The third-order valence-electron chi connectivity index (χ3n) is 18.0. The Morgan fingerprint density at radius 2 is 0.511 bits per heavy atom. The second kappa shape index (κ2) is 64.4. The van der Waals surface area contributed by atoms with Crippen molar-refractivity contribution in [3.8, 4) is 0 Å². The van der Waals surface area contributed by atoms with E-state index >= 15 is 0 Å². The maximum Gasteiger partial charge on any atom is 0.472 e. The first-order chi connectivity index (χ1) is 45.2. The van der Waals surface area contributed by atoms with Crippen LogP contribution in [0.5, 0.6) is 0 Å². The van der Waals surface area contributed by atoms with Crippen molar-refractivity contribution in [1.82, 2.24) is 0 Å². The molecule has 5 unspecified atom stereocenters. The largest absolute Gasteiger partial charge is 0.472 e. The molecule has 19 heteroatoms. The Morgan fingerprint density at radius 1 is 0.298 bits per heavy atom. The van der Waals surface area contributed by atoms with Gasteiger partial charge >= 0.3 is 39.5 Å². The van der Waals surface area contributed by atoms with Gasteiger partial charge in [-0.15, -0.1) is 0 Å². The van der Waals surface area contributed by atoms with Gasteiger partial charge in [0.05, 0.1) is 26.4 Å². The number of carbonyl (C=O) groups is 4. The standard InChI is InChI=1S/C75H146O17P2/c1-9-67(7)53-45-37-29-23-19-15-11-12-16-21-25-31-41-49-57-74(79)91-70(61-85-72(77)55-47-39-30-24-20-17-13-14-18-22-27-35-43-51-65(3)4)63-89-93(81,82)87-59-69(76)60-88-94(83,84)90-64-71(92-75(80)58-50-42-34-33-38-46-54-68(8)10-2)62-86-73(78)56-48-40-32-26-28-36-44-52-66(5)6/h65-71,76H,9-64H2,1-8H3,(H,81,82)(H,83,84)/t67?,68?,69?,70-,71-/m1/s1. The van der Waals surface area contributed by atoms with Crippen LogP contribution in [0, 0.1) is 23.7 Å². The number of ether oxygens (including phenoxy) is 4. The normalized spacial score (nSPS) is 14.7. The van der Waals surface area contributed by atoms with Crippen LogP contribution in [0.25, 0.3) is 0 Å². The average molecular weight is 1380 g/mol. The predicted octanol–water partition coefficient (Wildman–Crippen LogP) is 21.7. The van der Waals surface area contributed by atoms with Crippen LogP contribution in [0.2, 0.25) is 0 Å². The quantitative estimate of drug-likeness (QED) is 0.0222. The summed E-state index contributed by atoms with van der Waals surface area (Å²) >= 11 is 0. The Hall–Kier alpha value is -1.94. The van der Waals surface area contributed by atoms with Crippen LogP contribution in [0.4, 0.5) is 0 Å². The van der Waals surface area contributed by atoms with Gasteiger partial charge in [-0.1, -0.05) is 325 Å². The summed E-state index contributed by atoms with van der Waals surface area (Å²) in [5, 5.41) is 10.6. The molecule has 0 aromatic heterocycles. The van der Waals surface area contributed by atoms with Gasteiger partial charge in [0.1, 0.15) is 19.3 Å². The van der Waals surface area contributed by atoms with Gasteiger partial charge in [-0.25, -0.2) is 9.13 Å². The first kappa shape index (κ1) is 92.1. The zero-order valence-electron chi connectivity index (χ0n) is 61.6. The second-order valence-corrected chi connectivity index (χ2v) is 31.4. The van der Waals surface area contributed by atoms with Gasteiger partial charge < -0.3 is 33.8 Å².